The first-order valence-corrected chi connectivity index (χ1v) is 9.99. The van der Waals surface area contributed by atoms with Gasteiger partial charge in [0.1, 0.15) is 11.8 Å². The predicted octanol–water partition coefficient (Wildman–Crippen LogP) is 3.76. The predicted molar refractivity (Wildman–Crippen MR) is 107 cm³/mol. The van der Waals surface area contributed by atoms with Gasteiger partial charge in [0.2, 0.25) is 11.8 Å². The van der Waals surface area contributed by atoms with Gasteiger partial charge in [0.25, 0.3) is 0 Å². The van der Waals surface area contributed by atoms with E-state index in [-0.39, 0.29) is 17.7 Å². The molecule has 1 aromatic carbocycles. The van der Waals surface area contributed by atoms with Crippen molar-refractivity contribution in [2.75, 3.05) is 12.4 Å². The number of carbonyl (C=O) groups is 2. The number of hydrogen-bond acceptors (Lipinski definition) is 5. The number of methoxy groups -OCH3 is 1. The molecule has 1 aromatic heterocycles. The Labute approximate surface area is 163 Å². The van der Waals surface area contributed by atoms with E-state index in [2.05, 4.69) is 15.6 Å². The molecule has 2 amide bonds. The Morgan fingerprint density at radius 1 is 1.22 bits per heavy atom. The summed E-state index contributed by atoms with van der Waals surface area (Å²) in [4.78, 5) is 30.0. The minimum Gasteiger partial charge on any atom is -0.497 e. The Balaban J connectivity index is 1.75. The summed E-state index contributed by atoms with van der Waals surface area (Å²) in [6.07, 6.45) is 4.14. The molecule has 1 saturated carbocycles. The summed E-state index contributed by atoms with van der Waals surface area (Å²) < 4.78 is 5.19. The number of nitrogens with one attached hydrogen (secondary N) is 2. The number of thiazole rings is 1. The van der Waals surface area contributed by atoms with E-state index in [9.17, 15) is 9.59 Å². The topological polar surface area (TPSA) is 80.3 Å². The van der Waals surface area contributed by atoms with E-state index in [1.807, 2.05) is 31.2 Å². The number of benzene rings is 1. The number of rotatable bonds is 6. The van der Waals surface area contributed by atoms with Crippen molar-refractivity contribution in [2.45, 2.75) is 45.6 Å². The number of aryl methyl sites for hydroxylation is 1. The first-order chi connectivity index (χ1) is 13.0. The molecule has 0 unspecified atom stereocenters. The van der Waals surface area contributed by atoms with Gasteiger partial charge < -0.3 is 15.4 Å². The van der Waals surface area contributed by atoms with Gasteiger partial charge in [0.05, 0.1) is 12.8 Å². The number of anilines is 1. The minimum absolute atomic E-state index is 0.184. The molecule has 0 radical (unpaired) electrons. The van der Waals surface area contributed by atoms with E-state index in [1.54, 1.807) is 7.11 Å². The highest BCUT2D eigenvalue weighted by atomic mass is 32.1. The summed E-state index contributed by atoms with van der Waals surface area (Å²) in [7, 11) is 1.63. The lowest BCUT2D eigenvalue weighted by molar-refractivity contribution is -0.126. The Bertz CT molecular complexity index is 810. The Hall–Kier alpha value is -2.41. The zero-order chi connectivity index (χ0) is 19.4. The number of ether oxygens (including phenoxy) is 1. The Morgan fingerprint density at radius 2 is 1.89 bits per heavy atom. The van der Waals surface area contributed by atoms with Crippen LogP contribution in [0, 0.1) is 12.8 Å². The quantitative estimate of drug-likeness (QED) is 0.791. The van der Waals surface area contributed by atoms with Crippen molar-refractivity contribution in [3.8, 4) is 17.0 Å². The molecule has 1 fully saturated rings. The second-order valence-corrected chi connectivity index (χ2v) is 8.07. The van der Waals surface area contributed by atoms with Crippen LogP contribution in [0.1, 0.15) is 37.5 Å². The summed E-state index contributed by atoms with van der Waals surface area (Å²) in [6, 6.07) is 7.17. The van der Waals surface area contributed by atoms with E-state index in [0.29, 0.717) is 5.13 Å². The molecule has 1 heterocycles. The first kappa shape index (κ1) is 19.4. The smallest absolute Gasteiger partial charge is 0.249 e. The molecule has 2 N–H and O–H groups in total. The molecule has 27 heavy (non-hydrogen) atoms. The zero-order valence-corrected chi connectivity index (χ0v) is 16.7. The van der Waals surface area contributed by atoms with Crippen LogP contribution < -0.4 is 15.4 Å². The summed E-state index contributed by atoms with van der Waals surface area (Å²) in [5, 5.41) is 6.28. The van der Waals surface area contributed by atoms with Crippen LogP contribution in [0.3, 0.4) is 0 Å². The number of nitrogens with zero attached hydrogens (tertiary/aromatic N) is 1. The molecular weight excluding hydrogens is 362 g/mol. The third-order valence-corrected chi connectivity index (χ3v) is 5.79. The van der Waals surface area contributed by atoms with Crippen LogP contribution in [-0.4, -0.2) is 29.9 Å². The minimum atomic E-state index is -0.501. The fourth-order valence-corrected chi connectivity index (χ4v) is 4.40. The van der Waals surface area contributed by atoms with Gasteiger partial charge in [-0.2, -0.15) is 0 Å². The second kappa shape index (κ2) is 8.52. The van der Waals surface area contributed by atoms with Crippen LogP contribution in [0.25, 0.3) is 11.3 Å². The van der Waals surface area contributed by atoms with Gasteiger partial charge in [-0.05, 0) is 49.9 Å². The summed E-state index contributed by atoms with van der Waals surface area (Å²) >= 11 is 1.44. The lowest BCUT2D eigenvalue weighted by Gasteiger charge is -2.22. The third kappa shape index (κ3) is 4.66. The standard InChI is InChI=1S/C20H25N3O3S/c1-12-17(15-8-10-16(26-3)11-9-15)22-20(27-12)23-19(25)18(21-13(2)24)14-6-4-5-7-14/h8-11,14,18H,4-7H2,1-3H3,(H,21,24)(H,22,23,25)/t18-/m1/s1. The van der Waals surface area contributed by atoms with Gasteiger partial charge in [-0.3, -0.25) is 9.59 Å². The molecule has 0 aliphatic heterocycles. The number of hydrogen-bond donors (Lipinski definition) is 2. The molecular formula is C20H25N3O3S. The van der Waals surface area contributed by atoms with Crippen molar-refractivity contribution in [2.24, 2.45) is 5.92 Å². The van der Waals surface area contributed by atoms with Crippen LogP contribution in [0.4, 0.5) is 5.13 Å². The van der Waals surface area contributed by atoms with E-state index < -0.39 is 6.04 Å². The van der Waals surface area contributed by atoms with Crippen LogP contribution in [0.5, 0.6) is 5.75 Å². The van der Waals surface area contributed by atoms with Crippen molar-refractivity contribution in [3.05, 3.63) is 29.1 Å². The highest BCUT2D eigenvalue weighted by Gasteiger charge is 2.31. The van der Waals surface area contributed by atoms with Gasteiger partial charge in [0.15, 0.2) is 5.13 Å². The maximum atomic E-state index is 12.8. The summed E-state index contributed by atoms with van der Waals surface area (Å²) in [5.74, 6) is 0.606. The molecule has 2 aromatic rings. The van der Waals surface area contributed by atoms with Crippen molar-refractivity contribution < 1.29 is 14.3 Å². The van der Waals surface area contributed by atoms with Gasteiger partial charge in [-0.15, -0.1) is 11.3 Å². The fraction of sp³-hybridized carbons (Fsp3) is 0.450. The zero-order valence-electron chi connectivity index (χ0n) is 15.9. The average molecular weight is 388 g/mol. The van der Waals surface area contributed by atoms with E-state index in [4.69, 9.17) is 4.74 Å². The van der Waals surface area contributed by atoms with E-state index >= 15 is 0 Å². The van der Waals surface area contributed by atoms with Crippen LogP contribution in [0.2, 0.25) is 0 Å². The number of amides is 2. The largest absolute Gasteiger partial charge is 0.497 e. The Morgan fingerprint density at radius 3 is 2.48 bits per heavy atom. The number of carbonyl (C=O) groups excluding carboxylic acids is 2. The molecule has 3 rings (SSSR count). The van der Waals surface area contributed by atoms with Gasteiger partial charge >= 0.3 is 0 Å². The first-order valence-electron chi connectivity index (χ1n) is 9.17. The maximum Gasteiger partial charge on any atom is 0.249 e. The highest BCUT2D eigenvalue weighted by Crippen LogP contribution is 2.32. The molecule has 1 atom stereocenters. The van der Waals surface area contributed by atoms with E-state index in [1.165, 1.54) is 18.3 Å². The van der Waals surface area contributed by atoms with Gasteiger partial charge in [0, 0.05) is 17.4 Å². The normalized spacial score (nSPS) is 15.4. The average Bonchev–Trinajstić information content (AvgIpc) is 3.29. The van der Waals surface area contributed by atoms with Crippen LogP contribution >= 0.6 is 11.3 Å². The lowest BCUT2D eigenvalue weighted by Crippen LogP contribution is -2.47. The molecule has 0 spiro atoms. The summed E-state index contributed by atoms with van der Waals surface area (Å²) in [5.41, 5.74) is 1.81. The van der Waals surface area contributed by atoms with Crippen LogP contribution in [-0.2, 0) is 9.59 Å². The SMILES string of the molecule is COc1ccc(-c2nc(NC(=O)[C@H](NC(C)=O)C3CCCC3)sc2C)cc1. The second-order valence-electron chi connectivity index (χ2n) is 6.86. The third-order valence-electron chi connectivity index (χ3n) is 4.90. The molecule has 144 valence electrons. The van der Waals surface area contributed by atoms with E-state index in [0.717, 1.165) is 47.6 Å². The van der Waals surface area contributed by atoms with Gasteiger partial charge in [-0.25, -0.2) is 4.98 Å². The summed E-state index contributed by atoms with van der Waals surface area (Å²) in [6.45, 7) is 3.43. The van der Waals surface area contributed by atoms with Crippen molar-refractivity contribution in [3.63, 3.8) is 0 Å². The monoisotopic (exact) mass is 387 g/mol. The van der Waals surface area contributed by atoms with Crippen molar-refractivity contribution in [1.29, 1.82) is 0 Å². The molecule has 1 aliphatic rings. The molecule has 0 saturated heterocycles. The lowest BCUT2D eigenvalue weighted by atomic mass is 9.97. The highest BCUT2D eigenvalue weighted by molar-refractivity contribution is 7.16. The van der Waals surface area contributed by atoms with Crippen molar-refractivity contribution >= 4 is 28.3 Å². The maximum absolute atomic E-state index is 12.8. The van der Waals surface area contributed by atoms with Gasteiger partial charge in [-0.1, -0.05) is 12.8 Å². The van der Waals surface area contributed by atoms with Crippen LogP contribution in [0.15, 0.2) is 24.3 Å². The molecule has 0 bridgehead atoms. The molecule has 7 heteroatoms. The Kier molecular flexibility index (Phi) is 6.11. The van der Waals surface area contributed by atoms with Crippen molar-refractivity contribution in [1.82, 2.24) is 10.3 Å². The molecule has 6 nitrogen and oxygen atoms in total. The fourth-order valence-electron chi connectivity index (χ4n) is 3.56. The number of aromatic nitrogens is 1. The molecule has 1 aliphatic carbocycles.